The highest BCUT2D eigenvalue weighted by Crippen LogP contribution is 2.16. The highest BCUT2D eigenvalue weighted by atomic mass is 16.4. The lowest BCUT2D eigenvalue weighted by Gasteiger charge is -2.32. The number of hydrogen-bond donors (Lipinski definition) is 3. The number of nitrogens with zero attached hydrogens (tertiary/aromatic N) is 1. The van der Waals surface area contributed by atoms with E-state index in [9.17, 15) is 14.4 Å². The normalized spacial score (nSPS) is 20.2. The number of nitrogens with two attached hydrogens (primary N) is 1. The fraction of sp³-hybridized carbons (Fsp3) is 0.769. The summed E-state index contributed by atoms with van der Waals surface area (Å²) in [6, 6.07) is -1.31. The molecule has 0 saturated carbocycles. The Labute approximate surface area is 118 Å². The molecule has 1 aliphatic rings. The molecule has 2 atom stereocenters. The summed E-state index contributed by atoms with van der Waals surface area (Å²) in [4.78, 5) is 35.8. The second-order valence-electron chi connectivity index (χ2n) is 5.17. The summed E-state index contributed by atoms with van der Waals surface area (Å²) in [6.07, 6.45) is 3.39. The first kappa shape index (κ1) is 16.3. The molecule has 3 amide bonds. The first-order chi connectivity index (χ1) is 9.45. The quantitative estimate of drug-likeness (QED) is 0.661. The van der Waals surface area contributed by atoms with Crippen LogP contribution in [0.4, 0.5) is 4.79 Å². The average molecular weight is 285 g/mol. The van der Waals surface area contributed by atoms with Crippen LogP contribution >= 0.6 is 0 Å². The molecule has 1 heterocycles. The Morgan fingerprint density at radius 1 is 1.45 bits per heavy atom. The second-order valence-corrected chi connectivity index (χ2v) is 5.17. The van der Waals surface area contributed by atoms with Gasteiger partial charge >= 0.3 is 12.0 Å². The molecule has 0 spiro atoms. The van der Waals surface area contributed by atoms with E-state index in [0.29, 0.717) is 25.8 Å². The van der Waals surface area contributed by atoms with Crippen molar-refractivity contribution >= 4 is 17.9 Å². The second kappa shape index (κ2) is 7.72. The predicted octanol–water partition coefficient (Wildman–Crippen LogP) is 0.537. The van der Waals surface area contributed by atoms with Gasteiger partial charge in [-0.15, -0.1) is 0 Å². The van der Waals surface area contributed by atoms with Crippen LogP contribution in [-0.2, 0) is 9.59 Å². The zero-order chi connectivity index (χ0) is 15.1. The third-order valence-corrected chi connectivity index (χ3v) is 3.55. The van der Waals surface area contributed by atoms with Crippen LogP contribution in [0.25, 0.3) is 0 Å². The molecule has 20 heavy (non-hydrogen) atoms. The van der Waals surface area contributed by atoms with Crippen LogP contribution in [0, 0.1) is 5.92 Å². The van der Waals surface area contributed by atoms with Gasteiger partial charge in [0.2, 0.25) is 5.91 Å². The number of primary amides is 1. The number of carboxylic acid groups (broad SMARTS) is 1. The maximum Gasteiger partial charge on any atom is 0.326 e. The lowest BCUT2D eigenvalue weighted by molar-refractivity contribution is -0.139. The number of nitrogens with one attached hydrogen (secondary N) is 1. The Morgan fingerprint density at radius 2 is 2.15 bits per heavy atom. The molecule has 1 rings (SSSR count). The number of aliphatic carboxylic acids is 1. The largest absolute Gasteiger partial charge is 0.480 e. The number of carboxylic acids is 1. The monoisotopic (exact) mass is 285 g/mol. The molecule has 7 heteroatoms. The van der Waals surface area contributed by atoms with Crippen LogP contribution in [0.1, 0.15) is 39.0 Å². The van der Waals surface area contributed by atoms with Gasteiger partial charge in [-0.25, -0.2) is 9.59 Å². The van der Waals surface area contributed by atoms with Gasteiger partial charge in [0.25, 0.3) is 0 Å². The van der Waals surface area contributed by atoms with Crippen molar-refractivity contribution in [3.8, 4) is 0 Å². The molecule has 0 aromatic rings. The third-order valence-electron chi connectivity index (χ3n) is 3.55. The van der Waals surface area contributed by atoms with Gasteiger partial charge in [0, 0.05) is 13.1 Å². The lowest BCUT2D eigenvalue weighted by Crippen LogP contribution is -2.52. The zero-order valence-corrected chi connectivity index (χ0v) is 11.8. The standard InChI is InChI=1S/C13H23N3O4/c1-2-3-6-10(12(18)19)15-13(20)16-7-4-5-9(8-16)11(14)17/h9-10H,2-8H2,1H3,(H2,14,17)(H,15,20)(H,18,19). The van der Waals surface area contributed by atoms with Crippen LogP contribution in [0.2, 0.25) is 0 Å². The summed E-state index contributed by atoms with van der Waals surface area (Å²) in [5.74, 6) is -1.79. The number of rotatable bonds is 6. The van der Waals surface area contributed by atoms with Crippen LogP contribution in [-0.4, -0.2) is 47.0 Å². The van der Waals surface area contributed by atoms with Gasteiger partial charge < -0.3 is 21.1 Å². The maximum absolute atomic E-state index is 12.0. The van der Waals surface area contributed by atoms with Crippen molar-refractivity contribution in [2.24, 2.45) is 11.7 Å². The lowest BCUT2D eigenvalue weighted by atomic mass is 9.98. The molecule has 1 saturated heterocycles. The first-order valence-corrected chi connectivity index (χ1v) is 7.03. The molecule has 1 fully saturated rings. The molecule has 2 unspecified atom stereocenters. The minimum atomic E-state index is -1.03. The van der Waals surface area contributed by atoms with E-state index in [1.807, 2.05) is 6.92 Å². The number of amides is 3. The van der Waals surface area contributed by atoms with Gasteiger partial charge in [0.1, 0.15) is 6.04 Å². The van der Waals surface area contributed by atoms with E-state index in [4.69, 9.17) is 10.8 Å². The predicted molar refractivity (Wildman–Crippen MR) is 73.0 cm³/mol. The molecule has 0 bridgehead atoms. The molecule has 114 valence electrons. The van der Waals surface area contributed by atoms with Gasteiger partial charge in [-0.1, -0.05) is 19.8 Å². The number of carbonyl (C=O) groups excluding carboxylic acids is 2. The summed E-state index contributed by atoms with van der Waals surface area (Å²) in [7, 11) is 0. The number of carbonyl (C=O) groups is 3. The fourth-order valence-electron chi connectivity index (χ4n) is 2.30. The minimum Gasteiger partial charge on any atom is -0.480 e. The fourth-order valence-corrected chi connectivity index (χ4v) is 2.30. The molecule has 0 aliphatic carbocycles. The first-order valence-electron chi connectivity index (χ1n) is 7.03. The number of piperidine rings is 1. The number of urea groups is 1. The van der Waals surface area contributed by atoms with E-state index in [0.717, 1.165) is 12.8 Å². The van der Waals surface area contributed by atoms with Crippen LogP contribution in [0.3, 0.4) is 0 Å². The van der Waals surface area contributed by atoms with Crippen molar-refractivity contribution < 1.29 is 19.5 Å². The van der Waals surface area contributed by atoms with Gasteiger partial charge in [-0.3, -0.25) is 4.79 Å². The van der Waals surface area contributed by atoms with E-state index in [-0.39, 0.29) is 12.5 Å². The van der Waals surface area contributed by atoms with E-state index in [1.54, 1.807) is 0 Å². The Balaban J connectivity index is 2.55. The molecular formula is C13H23N3O4. The molecular weight excluding hydrogens is 262 g/mol. The molecule has 1 aliphatic heterocycles. The molecule has 0 radical (unpaired) electrons. The van der Waals surface area contributed by atoms with Crippen molar-refractivity contribution in [1.29, 1.82) is 0 Å². The molecule has 0 aromatic carbocycles. The number of unbranched alkanes of at least 4 members (excludes halogenated alkanes) is 1. The van der Waals surface area contributed by atoms with Crippen molar-refractivity contribution in [3.05, 3.63) is 0 Å². The Bertz CT molecular complexity index is 373. The minimum absolute atomic E-state index is 0.265. The van der Waals surface area contributed by atoms with Gasteiger partial charge in [0.15, 0.2) is 0 Å². The summed E-state index contributed by atoms with van der Waals surface area (Å²) >= 11 is 0. The number of likely N-dealkylation sites (tertiary alicyclic amines) is 1. The van der Waals surface area contributed by atoms with Gasteiger partial charge in [0.05, 0.1) is 5.92 Å². The van der Waals surface area contributed by atoms with Crippen molar-refractivity contribution in [2.75, 3.05) is 13.1 Å². The van der Waals surface area contributed by atoms with Crippen molar-refractivity contribution in [1.82, 2.24) is 10.2 Å². The van der Waals surface area contributed by atoms with E-state index < -0.39 is 23.9 Å². The molecule has 4 N–H and O–H groups in total. The number of hydrogen-bond acceptors (Lipinski definition) is 3. The van der Waals surface area contributed by atoms with Crippen molar-refractivity contribution in [3.63, 3.8) is 0 Å². The molecule has 7 nitrogen and oxygen atoms in total. The maximum atomic E-state index is 12.0. The third kappa shape index (κ3) is 4.71. The summed E-state index contributed by atoms with van der Waals surface area (Å²) < 4.78 is 0. The van der Waals surface area contributed by atoms with Crippen LogP contribution in [0.15, 0.2) is 0 Å². The highest BCUT2D eigenvalue weighted by molar-refractivity contribution is 5.83. The van der Waals surface area contributed by atoms with E-state index in [2.05, 4.69) is 5.32 Å². The Hall–Kier alpha value is -1.79. The van der Waals surface area contributed by atoms with Gasteiger partial charge in [-0.05, 0) is 19.3 Å². The summed E-state index contributed by atoms with van der Waals surface area (Å²) in [6.45, 7) is 2.75. The SMILES string of the molecule is CCCCC(NC(=O)N1CCCC(C(N)=O)C1)C(=O)O. The zero-order valence-electron chi connectivity index (χ0n) is 11.8. The van der Waals surface area contributed by atoms with Crippen molar-refractivity contribution in [2.45, 2.75) is 45.1 Å². The summed E-state index contributed by atoms with van der Waals surface area (Å²) in [5, 5.41) is 11.6. The summed E-state index contributed by atoms with van der Waals surface area (Å²) in [5.41, 5.74) is 5.25. The van der Waals surface area contributed by atoms with E-state index in [1.165, 1.54) is 4.90 Å². The Kier molecular flexibility index (Phi) is 6.27. The topological polar surface area (TPSA) is 113 Å². The average Bonchev–Trinajstić information content (AvgIpc) is 2.42. The van der Waals surface area contributed by atoms with Gasteiger partial charge in [-0.2, -0.15) is 0 Å². The van der Waals surface area contributed by atoms with Crippen LogP contribution < -0.4 is 11.1 Å². The molecule has 0 aromatic heterocycles. The van der Waals surface area contributed by atoms with Crippen LogP contribution in [0.5, 0.6) is 0 Å². The Morgan fingerprint density at radius 3 is 2.70 bits per heavy atom. The van der Waals surface area contributed by atoms with E-state index >= 15 is 0 Å². The smallest absolute Gasteiger partial charge is 0.326 e. The highest BCUT2D eigenvalue weighted by Gasteiger charge is 2.29.